The molecule has 0 aliphatic heterocycles. The third-order valence-corrected chi connectivity index (χ3v) is 1.00. The number of carboxylic acids is 1. The second-order valence-corrected chi connectivity index (χ2v) is 1.77. The van der Waals surface area contributed by atoms with Crippen LogP contribution in [0.25, 0.3) is 0 Å². The lowest BCUT2D eigenvalue weighted by atomic mass is 10.3. The summed E-state index contributed by atoms with van der Waals surface area (Å²) >= 11 is 0. The molecular weight excluding hydrogens is 150 g/mol. The van der Waals surface area contributed by atoms with Gasteiger partial charge >= 0.3 is 5.97 Å². The lowest BCUT2D eigenvalue weighted by Gasteiger charge is -1.86. The standard InChI is InChI=1S/C6H7NO2.2H2O/c8-6(9)4-5-2-1-3-7-5;;/h1-3,7H,4H2,(H,8,9);2*1H2. The number of nitrogens with one attached hydrogen (secondary N) is 1. The predicted molar refractivity (Wildman–Crippen MR) is 39.4 cm³/mol. The number of hydrogen-bond donors (Lipinski definition) is 2. The molecule has 5 nitrogen and oxygen atoms in total. The molecule has 1 aromatic heterocycles. The van der Waals surface area contributed by atoms with Gasteiger partial charge in [0.15, 0.2) is 0 Å². The number of H-pyrrole nitrogens is 1. The Kier molecular flexibility index (Phi) is 6.13. The van der Waals surface area contributed by atoms with E-state index in [1.165, 1.54) is 0 Å². The molecule has 0 atom stereocenters. The largest absolute Gasteiger partial charge is 0.481 e. The van der Waals surface area contributed by atoms with Gasteiger partial charge in [0.2, 0.25) is 0 Å². The first-order valence-electron chi connectivity index (χ1n) is 2.63. The summed E-state index contributed by atoms with van der Waals surface area (Å²) in [5.74, 6) is -0.808. The van der Waals surface area contributed by atoms with Gasteiger partial charge in [0.25, 0.3) is 0 Å². The second kappa shape index (κ2) is 5.45. The van der Waals surface area contributed by atoms with Crippen molar-refractivity contribution in [3.63, 3.8) is 0 Å². The third-order valence-electron chi connectivity index (χ3n) is 1.00. The highest BCUT2D eigenvalue weighted by atomic mass is 16.4. The lowest BCUT2D eigenvalue weighted by Crippen LogP contribution is -1.99. The molecule has 1 rings (SSSR count). The van der Waals surface area contributed by atoms with E-state index in [4.69, 9.17) is 5.11 Å². The van der Waals surface area contributed by atoms with Gasteiger partial charge in [-0.1, -0.05) is 0 Å². The number of aliphatic carboxylic acids is 1. The molecule has 6 N–H and O–H groups in total. The number of rotatable bonds is 2. The molecule has 0 radical (unpaired) electrons. The second-order valence-electron chi connectivity index (χ2n) is 1.77. The van der Waals surface area contributed by atoms with Crippen molar-refractivity contribution >= 4 is 5.97 Å². The van der Waals surface area contributed by atoms with Gasteiger partial charge in [-0.15, -0.1) is 0 Å². The van der Waals surface area contributed by atoms with Crippen molar-refractivity contribution in [2.24, 2.45) is 0 Å². The lowest BCUT2D eigenvalue weighted by molar-refractivity contribution is -0.136. The van der Waals surface area contributed by atoms with Gasteiger partial charge in [0.1, 0.15) is 0 Å². The zero-order valence-corrected chi connectivity index (χ0v) is 5.79. The summed E-state index contributed by atoms with van der Waals surface area (Å²) in [6.07, 6.45) is 1.78. The Morgan fingerprint density at radius 1 is 1.55 bits per heavy atom. The zero-order chi connectivity index (χ0) is 6.69. The van der Waals surface area contributed by atoms with E-state index in [9.17, 15) is 4.79 Å². The maximum absolute atomic E-state index is 10.0. The first kappa shape index (κ1) is 12.4. The maximum atomic E-state index is 10.0. The van der Waals surface area contributed by atoms with E-state index in [0.29, 0.717) is 0 Å². The summed E-state index contributed by atoms with van der Waals surface area (Å²) in [6.45, 7) is 0. The topological polar surface area (TPSA) is 116 Å². The van der Waals surface area contributed by atoms with E-state index in [1.807, 2.05) is 0 Å². The number of carbonyl (C=O) groups is 1. The fraction of sp³-hybridized carbons (Fsp3) is 0.167. The number of carboxylic acid groups (broad SMARTS) is 1. The summed E-state index contributed by atoms with van der Waals surface area (Å²) in [5, 5.41) is 8.27. The minimum atomic E-state index is -0.808. The molecule has 1 aromatic rings. The van der Waals surface area contributed by atoms with Crippen LogP contribution < -0.4 is 0 Å². The Labute approximate surface area is 63.3 Å². The first-order valence-corrected chi connectivity index (χ1v) is 2.63. The van der Waals surface area contributed by atoms with Gasteiger partial charge in [0, 0.05) is 11.9 Å². The van der Waals surface area contributed by atoms with Crippen LogP contribution in [0, 0.1) is 0 Å². The van der Waals surface area contributed by atoms with E-state index in [2.05, 4.69) is 4.98 Å². The Hall–Kier alpha value is -1.33. The zero-order valence-electron chi connectivity index (χ0n) is 5.79. The molecule has 0 amide bonds. The van der Waals surface area contributed by atoms with Gasteiger partial charge < -0.3 is 21.0 Å². The van der Waals surface area contributed by atoms with Crippen molar-refractivity contribution in [3.05, 3.63) is 24.0 Å². The number of aromatic nitrogens is 1. The van der Waals surface area contributed by atoms with Crippen LogP contribution in [-0.4, -0.2) is 27.0 Å². The molecule has 1 heterocycles. The van der Waals surface area contributed by atoms with E-state index >= 15 is 0 Å². The molecule has 0 aliphatic rings. The minimum absolute atomic E-state index is 0. The fourth-order valence-electron chi connectivity index (χ4n) is 0.640. The van der Waals surface area contributed by atoms with Crippen molar-refractivity contribution in [1.29, 1.82) is 0 Å². The summed E-state index contributed by atoms with van der Waals surface area (Å²) < 4.78 is 0. The SMILES string of the molecule is O.O.O=C(O)Cc1ccc[nH]1. The Morgan fingerprint density at radius 2 is 2.18 bits per heavy atom. The van der Waals surface area contributed by atoms with E-state index in [0.717, 1.165) is 5.69 Å². The average Bonchev–Trinajstić information content (AvgIpc) is 2.15. The number of hydrogen-bond acceptors (Lipinski definition) is 1. The predicted octanol–water partition coefficient (Wildman–Crippen LogP) is -1.01. The normalized spacial score (nSPS) is 7.64. The summed E-state index contributed by atoms with van der Waals surface area (Å²) in [4.78, 5) is 12.8. The van der Waals surface area contributed by atoms with Gasteiger partial charge in [-0.3, -0.25) is 4.79 Å². The molecule has 0 unspecified atom stereocenters. The fourth-order valence-corrected chi connectivity index (χ4v) is 0.640. The molecule has 0 fully saturated rings. The number of aromatic amines is 1. The molecule has 5 heteroatoms. The highest BCUT2D eigenvalue weighted by Gasteiger charge is 1.97. The van der Waals surface area contributed by atoms with Crippen molar-refractivity contribution in [3.8, 4) is 0 Å². The maximum Gasteiger partial charge on any atom is 0.309 e. The van der Waals surface area contributed by atoms with Crippen LogP contribution in [0.4, 0.5) is 0 Å². The van der Waals surface area contributed by atoms with Gasteiger partial charge in [0.05, 0.1) is 6.42 Å². The van der Waals surface area contributed by atoms with Crippen LogP contribution in [-0.2, 0) is 11.2 Å². The molecule has 0 saturated heterocycles. The molecule has 0 saturated carbocycles. The minimum Gasteiger partial charge on any atom is -0.481 e. The van der Waals surface area contributed by atoms with Crippen molar-refractivity contribution in [2.75, 3.05) is 0 Å². The summed E-state index contributed by atoms with van der Waals surface area (Å²) in [6, 6.07) is 3.52. The van der Waals surface area contributed by atoms with Gasteiger partial charge in [-0.05, 0) is 12.1 Å². The first-order chi connectivity index (χ1) is 4.29. The van der Waals surface area contributed by atoms with Crippen molar-refractivity contribution < 1.29 is 20.9 Å². The van der Waals surface area contributed by atoms with Crippen LogP contribution in [0.2, 0.25) is 0 Å². The highest BCUT2D eigenvalue weighted by Crippen LogP contribution is 1.94. The quantitative estimate of drug-likeness (QED) is 0.578. The van der Waals surface area contributed by atoms with Crippen LogP contribution >= 0.6 is 0 Å². The Morgan fingerprint density at radius 3 is 2.55 bits per heavy atom. The van der Waals surface area contributed by atoms with Crippen LogP contribution in [0.3, 0.4) is 0 Å². The molecule has 0 aliphatic carbocycles. The molecule has 11 heavy (non-hydrogen) atoms. The van der Waals surface area contributed by atoms with Crippen LogP contribution in [0.15, 0.2) is 18.3 Å². The molecule has 0 bridgehead atoms. The van der Waals surface area contributed by atoms with E-state index < -0.39 is 5.97 Å². The molecule has 0 spiro atoms. The smallest absolute Gasteiger partial charge is 0.309 e. The average molecular weight is 161 g/mol. The van der Waals surface area contributed by atoms with Crippen LogP contribution in [0.5, 0.6) is 0 Å². The Balaban J connectivity index is 0. The summed E-state index contributed by atoms with van der Waals surface area (Å²) in [7, 11) is 0. The monoisotopic (exact) mass is 161 g/mol. The van der Waals surface area contributed by atoms with Crippen LogP contribution in [0.1, 0.15) is 5.69 Å². The summed E-state index contributed by atoms with van der Waals surface area (Å²) in [5.41, 5.74) is 0.738. The van der Waals surface area contributed by atoms with E-state index in [1.54, 1.807) is 18.3 Å². The highest BCUT2D eigenvalue weighted by molar-refractivity contribution is 5.69. The van der Waals surface area contributed by atoms with Gasteiger partial charge in [-0.2, -0.15) is 0 Å². The van der Waals surface area contributed by atoms with Gasteiger partial charge in [-0.25, -0.2) is 0 Å². The van der Waals surface area contributed by atoms with E-state index in [-0.39, 0.29) is 17.4 Å². The molecule has 0 aromatic carbocycles. The third kappa shape index (κ3) is 4.12. The molecule has 64 valence electrons. The molecular formula is C6H11NO4. The Bertz CT molecular complexity index is 194. The van der Waals surface area contributed by atoms with Crippen molar-refractivity contribution in [2.45, 2.75) is 6.42 Å². The van der Waals surface area contributed by atoms with Crippen molar-refractivity contribution in [1.82, 2.24) is 4.98 Å².